The van der Waals surface area contributed by atoms with E-state index in [1.165, 1.54) is 16.7 Å². The van der Waals surface area contributed by atoms with E-state index in [9.17, 15) is 0 Å². The molecule has 0 amide bonds. The summed E-state index contributed by atoms with van der Waals surface area (Å²) < 4.78 is 5.19. The van der Waals surface area contributed by atoms with Crippen LogP contribution in [0.4, 0.5) is 11.8 Å². The van der Waals surface area contributed by atoms with Crippen LogP contribution in [0.5, 0.6) is 5.75 Å². The van der Waals surface area contributed by atoms with Gasteiger partial charge in [-0.15, -0.1) is 5.10 Å². The maximum Gasteiger partial charge on any atom is 0.244 e. The van der Waals surface area contributed by atoms with Gasteiger partial charge in [-0.3, -0.25) is 0 Å². The summed E-state index contributed by atoms with van der Waals surface area (Å²) in [4.78, 5) is 6.90. The van der Waals surface area contributed by atoms with E-state index in [2.05, 4.69) is 61.8 Å². The van der Waals surface area contributed by atoms with Gasteiger partial charge in [-0.05, 0) is 41.7 Å². The van der Waals surface area contributed by atoms with Gasteiger partial charge in [0.25, 0.3) is 0 Å². The summed E-state index contributed by atoms with van der Waals surface area (Å²) in [6.45, 7) is 2.56. The Balaban J connectivity index is 1.36. The van der Waals surface area contributed by atoms with Gasteiger partial charge < -0.3 is 15.0 Å². The van der Waals surface area contributed by atoms with Crippen molar-refractivity contribution >= 4 is 11.8 Å². The lowest BCUT2D eigenvalue weighted by Gasteiger charge is -2.29. The first kappa shape index (κ1) is 17.3. The lowest BCUT2D eigenvalue weighted by molar-refractivity contribution is 0.414. The van der Waals surface area contributed by atoms with Crippen LogP contribution in [0, 0.1) is 0 Å². The van der Waals surface area contributed by atoms with Crippen molar-refractivity contribution < 1.29 is 4.74 Å². The van der Waals surface area contributed by atoms with Crippen molar-refractivity contribution in [2.24, 2.45) is 0 Å². The molecule has 0 aliphatic carbocycles. The molecule has 1 aliphatic rings. The van der Waals surface area contributed by atoms with Crippen LogP contribution in [-0.2, 0) is 19.4 Å². The normalized spacial score (nSPS) is 13.1. The molecule has 0 radical (unpaired) electrons. The van der Waals surface area contributed by atoms with Crippen molar-refractivity contribution in [2.45, 2.75) is 19.4 Å². The van der Waals surface area contributed by atoms with Gasteiger partial charge in [0.2, 0.25) is 5.95 Å². The molecule has 6 nitrogen and oxygen atoms in total. The molecule has 2 aromatic carbocycles. The average molecular weight is 361 g/mol. The Morgan fingerprint density at radius 2 is 1.89 bits per heavy atom. The monoisotopic (exact) mass is 361 g/mol. The summed E-state index contributed by atoms with van der Waals surface area (Å²) in [6, 6.07) is 16.7. The third-order valence-electron chi connectivity index (χ3n) is 4.86. The molecular formula is C21H23N5O. The highest BCUT2D eigenvalue weighted by Gasteiger charge is 2.17. The minimum Gasteiger partial charge on any atom is -0.497 e. The Labute approximate surface area is 159 Å². The van der Waals surface area contributed by atoms with E-state index in [1.54, 1.807) is 13.3 Å². The first-order chi connectivity index (χ1) is 13.3. The van der Waals surface area contributed by atoms with Crippen LogP contribution in [-0.4, -0.2) is 35.4 Å². The van der Waals surface area contributed by atoms with E-state index < -0.39 is 0 Å². The second kappa shape index (κ2) is 8.03. The predicted molar refractivity (Wildman–Crippen MR) is 106 cm³/mol. The largest absolute Gasteiger partial charge is 0.497 e. The van der Waals surface area contributed by atoms with E-state index in [0.29, 0.717) is 5.95 Å². The molecule has 4 rings (SSSR count). The van der Waals surface area contributed by atoms with E-state index >= 15 is 0 Å². The molecule has 0 saturated heterocycles. The first-order valence-corrected chi connectivity index (χ1v) is 9.20. The Bertz CT molecular complexity index is 897. The molecule has 1 aliphatic heterocycles. The third kappa shape index (κ3) is 4.16. The van der Waals surface area contributed by atoms with E-state index in [1.807, 2.05) is 12.1 Å². The highest BCUT2D eigenvalue weighted by molar-refractivity contribution is 5.45. The molecule has 1 N–H and O–H groups in total. The molecule has 0 spiro atoms. The van der Waals surface area contributed by atoms with Crippen LogP contribution in [0.3, 0.4) is 0 Å². The maximum absolute atomic E-state index is 5.19. The van der Waals surface area contributed by atoms with Crippen LogP contribution < -0.4 is 15.0 Å². The van der Waals surface area contributed by atoms with Crippen molar-refractivity contribution in [3.05, 3.63) is 71.4 Å². The van der Waals surface area contributed by atoms with E-state index in [4.69, 9.17) is 4.74 Å². The van der Waals surface area contributed by atoms with Gasteiger partial charge in [0.1, 0.15) is 5.75 Å². The second-order valence-electron chi connectivity index (χ2n) is 6.60. The molecular weight excluding hydrogens is 338 g/mol. The zero-order valence-corrected chi connectivity index (χ0v) is 15.4. The van der Waals surface area contributed by atoms with Gasteiger partial charge in [0, 0.05) is 19.6 Å². The van der Waals surface area contributed by atoms with Crippen molar-refractivity contribution in [1.29, 1.82) is 0 Å². The van der Waals surface area contributed by atoms with Gasteiger partial charge in [0.05, 0.1) is 13.3 Å². The smallest absolute Gasteiger partial charge is 0.244 e. The number of hydrogen-bond donors (Lipinski definition) is 1. The molecule has 1 aromatic heterocycles. The highest BCUT2D eigenvalue weighted by atomic mass is 16.5. The van der Waals surface area contributed by atoms with E-state index in [0.717, 1.165) is 44.0 Å². The van der Waals surface area contributed by atoms with Crippen molar-refractivity contribution in [3.8, 4) is 5.75 Å². The SMILES string of the molecule is COc1ccc(CCNc2nncc(N3CCc4ccccc4C3)n2)cc1. The molecule has 6 heteroatoms. The number of fused-ring (bicyclic) bond motifs is 1. The standard InChI is InChI=1S/C21H23N5O/c1-27-19-8-6-16(7-9-19)10-12-22-21-24-20(14-23-25-21)26-13-11-17-4-2-3-5-18(17)15-26/h2-9,14H,10-13,15H2,1H3,(H,22,24,25). The molecule has 138 valence electrons. The second-order valence-corrected chi connectivity index (χ2v) is 6.60. The number of aromatic nitrogens is 3. The molecule has 0 bridgehead atoms. The molecule has 0 atom stereocenters. The van der Waals surface area contributed by atoms with Crippen LogP contribution in [0.25, 0.3) is 0 Å². The summed E-state index contributed by atoms with van der Waals surface area (Å²) in [5.74, 6) is 2.31. The summed E-state index contributed by atoms with van der Waals surface area (Å²) in [6.07, 6.45) is 3.65. The number of hydrogen-bond acceptors (Lipinski definition) is 6. The first-order valence-electron chi connectivity index (χ1n) is 9.20. The van der Waals surface area contributed by atoms with Crippen molar-refractivity contribution in [2.75, 3.05) is 30.4 Å². The number of benzene rings is 2. The van der Waals surface area contributed by atoms with Gasteiger partial charge in [-0.1, -0.05) is 36.4 Å². The van der Waals surface area contributed by atoms with Gasteiger partial charge >= 0.3 is 0 Å². The van der Waals surface area contributed by atoms with Crippen LogP contribution in [0.2, 0.25) is 0 Å². The maximum atomic E-state index is 5.19. The fraction of sp³-hybridized carbons (Fsp3) is 0.286. The number of ether oxygens (including phenoxy) is 1. The van der Waals surface area contributed by atoms with Crippen molar-refractivity contribution in [3.63, 3.8) is 0 Å². The average Bonchev–Trinajstić information content (AvgIpc) is 2.74. The molecule has 3 aromatic rings. The third-order valence-corrected chi connectivity index (χ3v) is 4.86. The highest BCUT2D eigenvalue weighted by Crippen LogP contribution is 2.22. The number of methoxy groups -OCH3 is 1. The van der Waals surface area contributed by atoms with Crippen LogP contribution >= 0.6 is 0 Å². The summed E-state index contributed by atoms with van der Waals surface area (Å²) in [7, 11) is 1.68. The number of nitrogens with one attached hydrogen (secondary N) is 1. The van der Waals surface area contributed by atoms with Crippen LogP contribution in [0.15, 0.2) is 54.7 Å². The summed E-state index contributed by atoms with van der Waals surface area (Å²) in [5, 5.41) is 11.5. The fourth-order valence-electron chi connectivity index (χ4n) is 3.32. The van der Waals surface area contributed by atoms with Gasteiger partial charge in [-0.2, -0.15) is 10.1 Å². The molecule has 0 unspecified atom stereocenters. The summed E-state index contributed by atoms with van der Waals surface area (Å²) in [5.41, 5.74) is 4.02. The number of nitrogens with zero attached hydrogens (tertiary/aromatic N) is 4. The summed E-state index contributed by atoms with van der Waals surface area (Å²) >= 11 is 0. The zero-order valence-electron chi connectivity index (χ0n) is 15.4. The van der Waals surface area contributed by atoms with Gasteiger partial charge in [0.15, 0.2) is 5.82 Å². The Hall–Kier alpha value is -3.15. The molecule has 0 saturated carbocycles. The molecule has 2 heterocycles. The zero-order chi connectivity index (χ0) is 18.5. The van der Waals surface area contributed by atoms with Gasteiger partial charge in [-0.25, -0.2) is 0 Å². The topological polar surface area (TPSA) is 63.2 Å². The molecule has 0 fully saturated rings. The Morgan fingerprint density at radius 3 is 2.70 bits per heavy atom. The van der Waals surface area contributed by atoms with E-state index in [-0.39, 0.29) is 0 Å². The molecule has 27 heavy (non-hydrogen) atoms. The van der Waals surface area contributed by atoms with Crippen molar-refractivity contribution in [1.82, 2.24) is 15.2 Å². The quantitative estimate of drug-likeness (QED) is 0.728. The Morgan fingerprint density at radius 1 is 1.07 bits per heavy atom. The lowest BCUT2D eigenvalue weighted by atomic mass is 10.0. The minimum absolute atomic E-state index is 0.569. The number of rotatable bonds is 6. The predicted octanol–water partition coefficient (Wildman–Crippen LogP) is 3.10. The minimum atomic E-state index is 0.569. The van der Waals surface area contributed by atoms with Crippen LogP contribution in [0.1, 0.15) is 16.7 Å². The Kier molecular flexibility index (Phi) is 5.14. The lowest BCUT2D eigenvalue weighted by Crippen LogP contribution is -2.31. The number of anilines is 2. The fourth-order valence-corrected chi connectivity index (χ4v) is 3.32.